The lowest BCUT2D eigenvalue weighted by atomic mass is 9.94. The fourth-order valence-corrected chi connectivity index (χ4v) is 2.56. The van der Waals surface area contributed by atoms with Crippen LogP contribution in [0.15, 0.2) is 29.5 Å². The molecular formula is C16H29IN4O2. The number of nitrogens with zero attached hydrogens (tertiary/aromatic N) is 2. The second-order valence-corrected chi connectivity index (χ2v) is 5.54. The monoisotopic (exact) mass is 436 g/mol. The van der Waals surface area contributed by atoms with Gasteiger partial charge < -0.3 is 24.7 Å². The molecule has 0 aromatic carbocycles. The van der Waals surface area contributed by atoms with Gasteiger partial charge in [0.15, 0.2) is 5.96 Å². The van der Waals surface area contributed by atoms with Crippen molar-refractivity contribution in [3.05, 3.63) is 24.5 Å². The predicted octanol–water partition coefficient (Wildman–Crippen LogP) is 1.86. The lowest BCUT2D eigenvalue weighted by Crippen LogP contribution is -2.44. The molecule has 0 spiro atoms. The minimum atomic E-state index is -0.180. The smallest absolute Gasteiger partial charge is 0.191 e. The summed E-state index contributed by atoms with van der Waals surface area (Å²) in [5.41, 5.74) is -0.180. The van der Waals surface area contributed by atoms with Crippen molar-refractivity contribution in [2.75, 3.05) is 40.0 Å². The van der Waals surface area contributed by atoms with E-state index in [2.05, 4.69) is 34.5 Å². The molecule has 0 atom stereocenters. The van der Waals surface area contributed by atoms with E-state index in [1.807, 2.05) is 12.1 Å². The zero-order valence-electron chi connectivity index (χ0n) is 14.1. The third-order valence-corrected chi connectivity index (χ3v) is 4.04. The van der Waals surface area contributed by atoms with Crippen LogP contribution in [0.3, 0.4) is 0 Å². The van der Waals surface area contributed by atoms with Gasteiger partial charge in [-0.3, -0.25) is 4.99 Å². The van der Waals surface area contributed by atoms with Crippen LogP contribution in [0.5, 0.6) is 0 Å². The molecule has 0 bridgehead atoms. The van der Waals surface area contributed by atoms with Gasteiger partial charge in [-0.25, -0.2) is 0 Å². The van der Waals surface area contributed by atoms with Crippen LogP contribution in [0, 0.1) is 0 Å². The van der Waals surface area contributed by atoms with Gasteiger partial charge in [0.1, 0.15) is 0 Å². The van der Waals surface area contributed by atoms with Crippen molar-refractivity contribution in [3.63, 3.8) is 0 Å². The second-order valence-electron chi connectivity index (χ2n) is 5.54. The molecule has 0 saturated carbocycles. The van der Waals surface area contributed by atoms with E-state index in [4.69, 9.17) is 14.5 Å². The van der Waals surface area contributed by atoms with Gasteiger partial charge in [-0.1, -0.05) is 0 Å². The summed E-state index contributed by atoms with van der Waals surface area (Å²) in [6, 6.07) is 4.07. The van der Waals surface area contributed by atoms with Gasteiger partial charge in [-0.15, -0.1) is 24.0 Å². The Balaban J connectivity index is 0.00000264. The van der Waals surface area contributed by atoms with Crippen molar-refractivity contribution in [2.45, 2.75) is 31.9 Å². The topological polar surface area (TPSA) is 59.8 Å². The van der Waals surface area contributed by atoms with E-state index in [1.54, 1.807) is 7.11 Å². The van der Waals surface area contributed by atoms with Crippen LogP contribution in [0.25, 0.3) is 0 Å². The highest BCUT2D eigenvalue weighted by Crippen LogP contribution is 2.24. The number of rotatable bonds is 7. The number of methoxy groups -OCH3 is 1. The van der Waals surface area contributed by atoms with E-state index >= 15 is 0 Å². The van der Waals surface area contributed by atoms with Gasteiger partial charge >= 0.3 is 0 Å². The summed E-state index contributed by atoms with van der Waals surface area (Å²) in [5, 5.41) is 6.66. The highest BCUT2D eigenvalue weighted by atomic mass is 127. The van der Waals surface area contributed by atoms with Crippen LogP contribution in [-0.2, 0) is 16.0 Å². The van der Waals surface area contributed by atoms with Gasteiger partial charge in [-0.05, 0) is 19.1 Å². The van der Waals surface area contributed by atoms with Gasteiger partial charge in [0.25, 0.3) is 0 Å². The SMILES string of the molecule is CCNC(=NCC1(OC)CCOCC1)NCCn1cccc1.I. The maximum absolute atomic E-state index is 5.72. The molecule has 1 fully saturated rings. The van der Waals surface area contributed by atoms with Gasteiger partial charge in [0.2, 0.25) is 0 Å². The number of ether oxygens (including phenoxy) is 2. The number of nitrogens with one attached hydrogen (secondary N) is 2. The average Bonchev–Trinajstić information content (AvgIpc) is 3.07. The second kappa shape index (κ2) is 10.9. The van der Waals surface area contributed by atoms with Crippen molar-refractivity contribution in [2.24, 2.45) is 4.99 Å². The fraction of sp³-hybridized carbons (Fsp3) is 0.688. The highest BCUT2D eigenvalue weighted by Gasteiger charge is 2.32. The molecular weight excluding hydrogens is 407 g/mol. The molecule has 1 aliphatic heterocycles. The van der Waals surface area contributed by atoms with Crippen LogP contribution < -0.4 is 10.6 Å². The molecule has 0 aliphatic carbocycles. The Labute approximate surface area is 156 Å². The quantitative estimate of drug-likeness (QED) is 0.389. The molecule has 132 valence electrons. The average molecular weight is 436 g/mol. The number of halogens is 1. The first kappa shape index (κ1) is 20.2. The molecule has 1 aliphatic rings. The first-order chi connectivity index (χ1) is 10.8. The van der Waals surface area contributed by atoms with Gasteiger partial charge in [0.05, 0.1) is 12.1 Å². The summed E-state index contributed by atoms with van der Waals surface area (Å²) in [7, 11) is 1.77. The zero-order valence-corrected chi connectivity index (χ0v) is 16.4. The molecule has 23 heavy (non-hydrogen) atoms. The lowest BCUT2D eigenvalue weighted by Gasteiger charge is -2.34. The van der Waals surface area contributed by atoms with E-state index in [1.165, 1.54) is 0 Å². The van der Waals surface area contributed by atoms with Crippen LogP contribution >= 0.6 is 24.0 Å². The summed E-state index contributed by atoms with van der Waals surface area (Å²) < 4.78 is 13.3. The number of hydrogen-bond donors (Lipinski definition) is 2. The minimum absolute atomic E-state index is 0. The number of guanidine groups is 1. The molecule has 2 N–H and O–H groups in total. The van der Waals surface area contributed by atoms with Crippen LogP contribution in [-0.4, -0.2) is 56.1 Å². The summed E-state index contributed by atoms with van der Waals surface area (Å²) in [6.45, 7) is 6.83. The normalized spacial score (nSPS) is 17.4. The summed E-state index contributed by atoms with van der Waals surface area (Å²) in [4.78, 5) is 4.70. The molecule has 2 rings (SSSR count). The van der Waals surface area contributed by atoms with E-state index in [0.29, 0.717) is 6.54 Å². The molecule has 0 radical (unpaired) electrons. The molecule has 1 saturated heterocycles. The van der Waals surface area contributed by atoms with Gasteiger partial charge in [-0.2, -0.15) is 0 Å². The number of hydrogen-bond acceptors (Lipinski definition) is 3. The minimum Gasteiger partial charge on any atom is -0.381 e. The molecule has 1 aromatic rings. The van der Waals surface area contributed by atoms with Crippen LogP contribution in [0.4, 0.5) is 0 Å². The maximum atomic E-state index is 5.72. The predicted molar refractivity (Wildman–Crippen MR) is 104 cm³/mol. The van der Waals surface area contributed by atoms with Crippen molar-refractivity contribution in [1.29, 1.82) is 0 Å². The van der Waals surface area contributed by atoms with E-state index in [-0.39, 0.29) is 29.6 Å². The number of aliphatic imine (C=N–C) groups is 1. The summed E-state index contributed by atoms with van der Waals surface area (Å²) in [5.74, 6) is 0.845. The molecule has 0 amide bonds. The van der Waals surface area contributed by atoms with Crippen molar-refractivity contribution >= 4 is 29.9 Å². The van der Waals surface area contributed by atoms with Crippen LogP contribution in [0.2, 0.25) is 0 Å². The van der Waals surface area contributed by atoms with Crippen molar-refractivity contribution in [3.8, 4) is 0 Å². The Morgan fingerprint density at radius 3 is 2.57 bits per heavy atom. The molecule has 6 nitrogen and oxygen atoms in total. The van der Waals surface area contributed by atoms with Crippen LogP contribution in [0.1, 0.15) is 19.8 Å². The molecule has 1 aromatic heterocycles. The van der Waals surface area contributed by atoms with Crippen molar-refractivity contribution in [1.82, 2.24) is 15.2 Å². The highest BCUT2D eigenvalue weighted by molar-refractivity contribution is 14.0. The first-order valence-corrected chi connectivity index (χ1v) is 8.04. The Hall–Kier alpha value is -0.800. The standard InChI is InChI=1S/C16H28N4O2.HI/c1-3-17-15(18-8-11-20-9-4-5-10-20)19-14-16(21-2)6-12-22-13-7-16;/h4-5,9-10H,3,6-8,11-14H2,1-2H3,(H2,17,18,19);1H. The van der Waals surface area contributed by atoms with E-state index < -0.39 is 0 Å². The third kappa shape index (κ3) is 6.68. The Kier molecular flexibility index (Phi) is 9.57. The Bertz CT molecular complexity index is 445. The van der Waals surface area contributed by atoms with Crippen molar-refractivity contribution < 1.29 is 9.47 Å². The Morgan fingerprint density at radius 2 is 1.96 bits per heavy atom. The van der Waals surface area contributed by atoms with E-state index in [9.17, 15) is 0 Å². The third-order valence-electron chi connectivity index (χ3n) is 4.04. The molecule has 0 unspecified atom stereocenters. The summed E-state index contributed by atoms with van der Waals surface area (Å²) in [6.07, 6.45) is 5.92. The summed E-state index contributed by atoms with van der Waals surface area (Å²) >= 11 is 0. The largest absolute Gasteiger partial charge is 0.381 e. The molecule has 2 heterocycles. The molecule has 7 heteroatoms. The first-order valence-electron chi connectivity index (χ1n) is 8.04. The Morgan fingerprint density at radius 1 is 1.26 bits per heavy atom. The van der Waals surface area contributed by atoms with Gasteiger partial charge in [0, 0.05) is 65.2 Å². The maximum Gasteiger partial charge on any atom is 0.191 e. The zero-order chi connectivity index (χ0) is 15.7. The fourth-order valence-electron chi connectivity index (χ4n) is 2.56. The lowest BCUT2D eigenvalue weighted by molar-refractivity contribution is -0.0828. The van der Waals surface area contributed by atoms with E-state index in [0.717, 1.165) is 51.6 Å². The number of aromatic nitrogens is 1.